The molecule has 27 heteroatoms. The largest absolute Gasteiger partial charge is 2.00 e. The third-order valence-corrected chi connectivity index (χ3v) is 9.22. The summed E-state index contributed by atoms with van der Waals surface area (Å²) >= 11 is 0. The van der Waals surface area contributed by atoms with Crippen molar-refractivity contribution in [3.63, 3.8) is 0 Å². The maximum atomic E-state index is 10.5. The summed E-state index contributed by atoms with van der Waals surface area (Å²) in [7, 11) is -9.89. The van der Waals surface area contributed by atoms with E-state index in [4.69, 9.17) is 37.3 Å². The Kier molecular flexibility index (Phi) is 27.5. The summed E-state index contributed by atoms with van der Waals surface area (Å²) in [6, 6.07) is 41.9. The van der Waals surface area contributed by atoms with Crippen LogP contribution in [0.15, 0.2) is 195 Å². The first-order valence-electron chi connectivity index (χ1n) is 20.7. The van der Waals surface area contributed by atoms with Crippen molar-refractivity contribution >= 4 is 22.7 Å². The number of rotatable bonds is 12. The Morgan fingerprint density at radius 1 is 0.267 bits per heavy atom. The average Bonchev–Trinajstić information content (AvgIpc) is 3.36. The molecule has 0 fully saturated rings. The molecule has 0 bridgehead atoms. The Labute approximate surface area is 440 Å². The van der Waals surface area contributed by atoms with E-state index >= 15 is 0 Å². The number of nitro groups is 4. The van der Waals surface area contributed by atoms with Gasteiger partial charge >= 0.3 is 16.5 Å². The van der Waals surface area contributed by atoms with Crippen LogP contribution in [0.2, 0.25) is 0 Å². The van der Waals surface area contributed by atoms with Crippen molar-refractivity contribution in [2.45, 2.75) is 25.7 Å². The maximum absolute atomic E-state index is 10.5. The standard InChI is InChI=1S/4C12H10N2O2.2ClHO4.Ni/c4*15-14(16)12-3-1-10(2-4-12)9-11-5-7-13-8-6-11;2*2-1(3,4)5;/h4*1-8H,9H2;2*(H,2,3,4,5);/q;;;;;;+2/p-2. The number of non-ortho nitro benzene ring substituents is 4. The van der Waals surface area contributed by atoms with Crippen LogP contribution in [0.5, 0.6) is 0 Å². The predicted molar refractivity (Wildman–Crippen MR) is 241 cm³/mol. The number of hydrogen-bond donors (Lipinski definition) is 0. The van der Waals surface area contributed by atoms with E-state index in [2.05, 4.69) is 19.9 Å². The molecule has 8 rings (SSSR count). The van der Waals surface area contributed by atoms with E-state index in [0.717, 1.165) is 70.2 Å². The zero-order valence-electron chi connectivity index (χ0n) is 38.5. The first-order valence-corrected chi connectivity index (χ1v) is 23.2. The Morgan fingerprint density at radius 2 is 0.387 bits per heavy atom. The van der Waals surface area contributed by atoms with E-state index in [9.17, 15) is 40.5 Å². The van der Waals surface area contributed by atoms with Gasteiger partial charge in [-0.25, -0.2) is 37.3 Å². The molecule has 0 amide bonds. The summed E-state index contributed by atoms with van der Waals surface area (Å²) < 4.78 is 67.9. The predicted octanol–water partition coefficient (Wildman–Crippen LogP) is 0.808. The molecule has 0 saturated carbocycles. The Bertz CT molecular complexity index is 2520. The van der Waals surface area contributed by atoms with E-state index in [1.807, 2.05) is 48.5 Å². The van der Waals surface area contributed by atoms with Crippen LogP contribution < -0.4 is 37.3 Å². The van der Waals surface area contributed by atoms with E-state index in [0.29, 0.717) is 0 Å². The Balaban J connectivity index is 0.000000321. The van der Waals surface area contributed by atoms with Crippen LogP contribution in [0.1, 0.15) is 44.5 Å². The first kappa shape index (κ1) is 63.0. The molecule has 0 aliphatic rings. The molecule has 0 radical (unpaired) electrons. The molecule has 0 N–H and O–H groups in total. The fourth-order valence-electron chi connectivity index (χ4n) is 5.89. The number of halogens is 2. The third kappa shape index (κ3) is 29.2. The molecule has 392 valence electrons. The molecule has 0 spiro atoms. The monoisotopic (exact) mass is 1110 g/mol. The van der Waals surface area contributed by atoms with Crippen LogP contribution in [0.3, 0.4) is 0 Å². The minimum atomic E-state index is -4.94. The minimum absolute atomic E-state index is 0. The molecule has 4 heterocycles. The summed E-state index contributed by atoms with van der Waals surface area (Å²) in [5.74, 6) is 0. The van der Waals surface area contributed by atoms with Crippen LogP contribution in [0.4, 0.5) is 22.7 Å². The number of nitrogens with zero attached hydrogens (tertiary/aromatic N) is 8. The van der Waals surface area contributed by atoms with Gasteiger partial charge in [0.2, 0.25) is 0 Å². The molecular weight excluding hydrogens is 1070 g/mol. The van der Waals surface area contributed by atoms with Gasteiger partial charge in [0, 0.05) is 98.1 Å². The Morgan fingerprint density at radius 3 is 0.507 bits per heavy atom. The van der Waals surface area contributed by atoms with Gasteiger partial charge in [-0.05, 0) is 119 Å². The van der Waals surface area contributed by atoms with Gasteiger partial charge in [0.1, 0.15) is 0 Å². The first-order chi connectivity index (χ1) is 35.0. The quantitative estimate of drug-likeness (QED) is 0.0927. The number of pyridine rings is 4. The van der Waals surface area contributed by atoms with Crippen LogP contribution in [-0.2, 0) is 42.2 Å². The normalized spacial score (nSPS) is 10.1. The van der Waals surface area contributed by atoms with Crippen LogP contribution >= 0.6 is 0 Å². The summed E-state index contributed by atoms with van der Waals surface area (Å²) in [4.78, 5) is 56.0. The summed E-state index contributed by atoms with van der Waals surface area (Å²) in [5, 5.41) is 41.9. The molecule has 4 aromatic carbocycles. The fourth-order valence-corrected chi connectivity index (χ4v) is 5.89. The van der Waals surface area contributed by atoms with Crippen molar-refractivity contribution in [1.82, 2.24) is 19.9 Å². The molecule has 0 aliphatic carbocycles. The van der Waals surface area contributed by atoms with Gasteiger partial charge in [-0.3, -0.25) is 60.4 Å². The van der Waals surface area contributed by atoms with Gasteiger partial charge in [0.05, 0.1) is 19.7 Å². The van der Waals surface area contributed by atoms with E-state index in [-0.39, 0.29) is 39.2 Å². The summed E-state index contributed by atoms with van der Waals surface area (Å²) in [6.45, 7) is 0. The van der Waals surface area contributed by atoms with Crippen molar-refractivity contribution < 1.29 is 93.9 Å². The zero-order chi connectivity index (χ0) is 54.5. The van der Waals surface area contributed by atoms with E-state index in [1.165, 1.54) is 48.5 Å². The number of nitro benzene ring substituents is 4. The third-order valence-electron chi connectivity index (χ3n) is 9.22. The molecular formula is C48H40Cl2N8NiO16. The Hall–Kier alpha value is -8.17. The van der Waals surface area contributed by atoms with E-state index < -0.39 is 40.2 Å². The fraction of sp³-hybridized carbons (Fsp3) is 0.0833. The maximum Gasteiger partial charge on any atom is 2.00 e. The van der Waals surface area contributed by atoms with Crippen molar-refractivity contribution in [3.05, 3.63) is 280 Å². The van der Waals surface area contributed by atoms with Gasteiger partial charge in [-0.15, -0.1) is 20.5 Å². The summed E-state index contributed by atoms with van der Waals surface area (Å²) in [5.41, 5.74) is 9.27. The molecule has 0 aliphatic heterocycles. The zero-order valence-corrected chi connectivity index (χ0v) is 41.0. The van der Waals surface area contributed by atoms with Crippen molar-refractivity contribution in [1.29, 1.82) is 0 Å². The van der Waals surface area contributed by atoms with Crippen LogP contribution in [0.25, 0.3) is 0 Å². The second kappa shape index (κ2) is 32.8. The van der Waals surface area contributed by atoms with Gasteiger partial charge in [0.15, 0.2) is 0 Å². The van der Waals surface area contributed by atoms with Crippen molar-refractivity contribution in [2.75, 3.05) is 0 Å². The van der Waals surface area contributed by atoms with E-state index in [1.54, 1.807) is 98.1 Å². The number of benzene rings is 4. The van der Waals surface area contributed by atoms with Crippen molar-refractivity contribution in [2.24, 2.45) is 0 Å². The van der Waals surface area contributed by atoms with Gasteiger partial charge in [-0.1, -0.05) is 48.5 Å². The molecule has 4 aromatic heterocycles. The molecule has 0 unspecified atom stereocenters. The molecule has 0 saturated heterocycles. The molecule has 24 nitrogen and oxygen atoms in total. The SMILES string of the molecule is O=[N+]([O-])c1ccc(Cc2ccncc2)cc1.O=[N+]([O-])c1ccc(Cc2ccncc2)cc1.O=[N+]([O-])c1ccc(Cc2ccncc2)cc1.O=[N+]([O-])c1ccc(Cc2ccncc2)cc1.[Ni+2].[O-][Cl+3]([O-])([O-])[O-].[O-][Cl+3]([O-])([O-])[O-]. The average molecular weight is 1110 g/mol. The second-order valence-electron chi connectivity index (χ2n) is 14.6. The van der Waals surface area contributed by atoms with Crippen LogP contribution in [0, 0.1) is 60.9 Å². The second-order valence-corrected chi connectivity index (χ2v) is 16.1. The molecule has 0 atom stereocenters. The smallest absolute Gasteiger partial charge is 0.265 e. The summed E-state index contributed by atoms with van der Waals surface area (Å²) in [6.07, 6.45) is 17.0. The van der Waals surface area contributed by atoms with Gasteiger partial charge in [-0.2, -0.15) is 0 Å². The van der Waals surface area contributed by atoms with Crippen molar-refractivity contribution in [3.8, 4) is 0 Å². The topological polar surface area (TPSA) is 409 Å². The van der Waals surface area contributed by atoms with Gasteiger partial charge in [0.25, 0.3) is 22.7 Å². The molecule has 8 aromatic rings. The van der Waals surface area contributed by atoms with Crippen LogP contribution in [-0.4, -0.2) is 39.6 Å². The minimum Gasteiger partial charge on any atom is -0.265 e. The number of aromatic nitrogens is 4. The number of hydrogen-bond acceptors (Lipinski definition) is 20. The van der Waals surface area contributed by atoms with Gasteiger partial charge < -0.3 is 0 Å². The molecule has 75 heavy (non-hydrogen) atoms.